The average Bonchev–Trinajstić information content (AvgIpc) is 2.49. The van der Waals surface area contributed by atoms with E-state index in [1.807, 2.05) is 11.8 Å². The van der Waals surface area contributed by atoms with Gasteiger partial charge in [-0.15, -0.1) is 0 Å². The smallest absolute Gasteiger partial charge is 0.236 e. The summed E-state index contributed by atoms with van der Waals surface area (Å²) in [7, 11) is 0. The molecule has 1 aliphatic heterocycles. The Morgan fingerprint density at radius 3 is 2.60 bits per heavy atom. The number of hydrogen-bond donors (Lipinski definition) is 1. The summed E-state index contributed by atoms with van der Waals surface area (Å²) in [5, 5.41) is 3.25. The summed E-state index contributed by atoms with van der Waals surface area (Å²) in [6.07, 6.45) is 3.19. The summed E-state index contributed by atoms with van der Waals surface area (Å²) < 4.78 is 11.0. The van der Waals surface area contributed by atoms with E-state index in [4.69, 9.17) is 9.47 Å². The van der Waals surface area contributed by atoms with Crippen LogP contribution >= 0.6 is 0 Å². The molecular weight excluding hydrogens is 256 g/mol. The predicted molar refractivity (Wildman–Crippen MR) is 79.8 cm³/mol. The first kappa shape index (κ1) is 17.4. The third kappa shape index (κ3) is 6.68. The zero-order chi connectivity index (χ0) is 14.8. The van der Waals surface area contributed by atoms with E-state index in [1.54, 1.807) is 0 Å². The van der Waals surface area contributed by atoms with Gasteiger partial charge in [0.05, 0.1) is 25.9 Å². The van der Waals surface area contributed by atoms with E-state index < -0.39 is 0 Å². The summed E-state index contributed by atoms with van der Waals surface area (Å²) in [4.78, 5) is 14.0. The van der Waals surface area contributed by atoms with Gasteiger partial charge in [0.2, 0.25) is 5.91 Å². The number of carbonyl (C=O) groups is 1. The maximum atomic E-state index is 12.0. The van der Waals surface area contributed by atoms with E-state index in [2.05, 4.69) is 19.2 Å². The van der Waals surface area contributed by atoms with E-state index in [1.165, 1.54) is 0 Å². The predicted octanol–water partition coefficient (Wildman–Crippen LogP) is 1.42. The van der Waals surface area contributed by atoms with Crippen molar-refractivity contribution < 1.29 is 14.3 Å². The summed E-state index contributed by atoms with van der Waals surface area (Å²) in [5.41, 5.74) is 0. The Labute approximate surface area is 123 Å². The van der Waals surface area contributed by atoms with E-state index in [0.717, 1.165) is 39.0 Å². The van der Waals surface area contributed by atoms with Crippen LogP contribution in [-0.4, -0.2) is 62.4 Å². The van der Waals surface area contributed by atoms with Crippen LogP contribution in [0, 0.1) is 0 Å². The minimum absolute atomic E-state index is 0.207. The number of hydrogen-bond acceptors (Lipinski definition) is 4. The summed E-state index contributed by atoms with van der Waals surface area (Å²) >= 11 is 0. The molecule has 1 aliphatic rings. The molecule has 0 spiro atoms. The summed E-state index contributed by atoms with van der Waals surface area (Å²) in [6.45, 7) is 10.3. The van der Waals surface area contributed by atoms with Crippen LogP contribution in [0.1, 0.15) is 40.0 Å². The highest BCUT2D eigenvalue weighted by Gasteiger charge is 2.22. The Balaban J connectivity index is 2.13. The maximum Gasteiger partial charge on any atom is 0.236 e. The Morgan fingerprint density at radius 2 is 2.00 bits per heavy atom. The van der Waals surface area contributed by atoms with E-state index in [-0.39, 0.29) is 12.0 Å². The molecule has 5 heteroatoms. The zero-order valence-corrected chi connectivity index (χ0v) is 13.2. The Kier molecular flexibility index (Phi) is 8.82. The van der Waals surface area contributed by atoms with Crippen molar-refractivity contribution in [2.24, 2.45) is 0 Å². The number of carbonyl (C=O) groups excluding carboxylic acids is 1. The van der Waals surface area contributed by atoms with Crippen molar-refractivity contribution in [3.8, 4) is 0 Å². The molecule has 0 saturated carbocycles. The average molecular weight is 286 g/mol. The van der Waals surface area contributed by atoms with Crippen LogP contribution in [-0.2, 0) is 14.3 Å². The van der Waals surface area contributed by atoms with E-state index in [0.29, 0.717) is 25.8 Å². The van der Waals surface area contributed by atoms with Gasteiger partial charge in [-0.1, -0.05) is 6.92 Å². The van der Waals surface area contributed by atoms with Crippen LogP contribution in [0.4, 0.5) is 0 Å². The van der Waals surface area contributed by atoms with Gasteiger partial charge in [0.1, 0.15) is 0 Å². The fourth-order valence-corrected chi connectivity index (χ4v) is 2.21. The van der Waals surface area contributed by atoms with Gasteiger partial charge >= 0.3 is 0 Å². The van der Waals surface area contributed by atoms with Crippen LogP contribution in [0.25, 0.3) is 0 Å². The van der Waals surface area contributed by atoms with Gasteiger partial charge in [-0.2, -0.15) is 0 Å². The molecular formula is C15H30N2O3. The molecule has 1 fully saturated rings. The molecule has 0 aromatic rings. The SMILES string of the molecule is CCOCCOC1CCN(C(=O)CNC(C)CC)CC1. The highest BCUT2D eigenvalue weighted by Crippen LogP contribution is 2.13. The maximum absolute atomic E-state index is 12.0. The minimum atomic E-state index is 0.207. The number of nitrogens with zero attached hydrogens (tertiary/aromatic N) is 1. The molecule has 118 valence electrons. The standard InChI is InChI=1S/C15H30N2O3/c1-4-13(3)16-12-15(18)17-8-6-14(7-9-17)20-11-10-19-5-2/h13-14,16H,4-12H2,1-3H3. The van der Waals surface area contributed by atoms with Crippen molar-refractivity contribution in [3.05, 3.63) is 0 Å². The molecule has 0 radical (unpaired) electrons. The highest BCUT2D eigenvalue weighted by atomic mass is 16.5. The van der Waals surface area contributed by atoms with E-state index in [9.17, 15) is 4.79 Å². The number of ether oxygens (including phenoxy) is 2. The first-order valence-corrected chi connectivity index (χ1v) is 7.87. The number of piperidine rings is 1. The van der Waals surface area contributed by atoms with Gasteiger partial charge in [-0.3, -0.25) is 4.79 Å². The Hall–Kier alpha value is -0.650. The van der Waals surface area contributed by atoms with Crippen molar-refractivity contribution >= 4 is 5.91 Å². The van der Waals surface area contributed by atoms with Crippen LogP contribution in [0.2, 0.25) is 0 Å². The molecule has 0 aromatic carbocycles. The molecule has 20 heavy (non-hydrogen) atoms. The lowest BCUT2D eigenvalue weighted by atomic mass is 10.1. The topological polar surface area (TPSA) is 50.8 Å². The molecule has 1 N–H and O–H groups in total. The monoisotopic (exact) mass is 286 g/mol. The Bertz CT molecular complexity index is 266. The lowest BCUT2D eigenvalue weighted by molar-refractivity contribution is -0.133. The van der Waals surface area contributed by atoms with Gasteiger partial charge in [0, 0.05) is 25.7 Å². The van der Waals surface area contributed by atoms with Crippen molar-refractivity contribution in [1.29, 1.82) is 0 Å². The molecule has 0 aromatic heterocycles. The van der Waals surface area contributed by atoms with Gasteiger partial charge in [0.15, 0.2) is 0 Å². The molecule has 1 amide bonds. The van der Waals surface area contributed by atoms with Crippen molar-refractivity contribution in [2.75, 3.05) is 39.5 Å². The second-order valence-electron chi connectivity index (χ2n) is 5.34. The van der Waals surface area contributed by atoms with Crippen molar-refractivity contribution in [1.82, 2.24) is 10.2 Å². The van der Waals surface area contributed by atoms with Crippen molar-refractivity contribution in [3.63, 3.8) is 0 Å². The summed E-state index contributed by atoms with van der Waals surface area (Å²) in [6, 6.07) is 0.401. The molecule has 1 rings (SSSR count). The second kappa shape index (κ2) is 10.1. The molecule has 5 nitrogen and oxygen atoms in total. The first-order chi connectivity index (χ1) is 9.67. The normalized spacial score (nSPS) is 18.2. The molecule has 0 aliphatic carbocycles. The van der Waals surface area contributed by atoms with Crippen LogP contribution < -0.4 is 5.32 Å². The number of nitrogens with one attached hydrogen (secondary N) is 1. The van der Waals surface area contributed by atoms with E-state index >= 15 is 0 Å². The Morgan fingerprint density at radius 1 is 1.30 bits per heavy atom. The van der Waals surface area contributed by atoms with Gasteiger partial charge < -0.3 is 19.7 Å². The molecule has 0 bridgehead atoms. The quantitative estimate of drug-likeness (QED) is 0.651. The molecule has 1 heterocycles. The van der Waals surface area contributed by atoms with Gasteiger partial charge in [-0.05, 0) is 33.1 Å². The number of amides is 1. The van der Waals surface area contributed by atoms with Crippen LogP contribution in [0.5, 0.6) is 0 Å². The first-order valence-electron chi connectivity index (χ1n) is 7.87. The van der Waals surface area contributed by atoms with Crippen molar-refractivity contribution in [2.45, 2.75) is 52.2 Å². The highest BCUT2D eigenvalue weighted by molar-refractivity contribution is 5.78. The molecule has 1 saturated heterocycles. The van der Waals surface area contributed by atoms with Crippen LogP contribution in [0.3, 0.4) is 0 Å². The van der Waals surface area contributed by atoms with Gasteiger partial charge in [0.25, 0.3) is 0 Å². The number of rotatable bonds is 9. The number of likely N-dealkylation sites (tertiary alicyclic amines) is 1. The largest absolute Gasteiger partial charge is 0.379 e. The third-order valence-corrected chi connectivity index (χ3v) is 3.79. The lowest BCUT2D eigenvalue weighted by Gasteiger charge is -2.32. The third-order valence-electron chi connectivity index (χ3n) is 3.79. The fraction of sp³-hybridized carbons (Fsp3) is 0.933. The fourth-order valence-electron chi connectivity index (χ4n) is 2.21. The second-order valence-corrected chi connectivity index (χ2v) is 5.34. The lowest BCUT2D eigenvalue weighted by Crippen LogP contribution is -2.45. The molecule has 1 unspecified atom stereocenters. The molecule has 1 atom stereocenters. The van der Waals surface area contributed by atoms with Crippen LogP contribution in [0.15, 0.2) is 0 Å². The van der Waals surface area contributed by atoms with Gasteiger partial charge in [-0.25, -0.2) is 0 Å². The zero-order valence-electron chi connectivity index (χ0n) is 13.2. The minimum Gasteiger partial charge on any atom is -0.379 e. The summed E-state index contributed by atoms with van der Waals surface area (Å²) in [5.74, 6) is 0.207.